The van der Waals surface area contributed by atoms with Crippen LogP contribution >= 0.6 is 15.9 Å². The number of halogens is 1. The highest BCUT2D eigenvalue weighted by Gasteiger charge is 2.22. The van der Waals surface area contributed by atoms with Crippen LogP contribution in [0.15, 0.2) is 22.7 Å². The molecule has 4 nitrogen and oxygen atoms in total. The van der Waals surface area contributed by atoms with Crippen molar-refractivity contribution in [1.82, 2.24) is 5.32 Å². The summed E-state index contributed by atoms with van der Waals surface area (Å²) < 4.78 is 6.05. The standard InChI is InChI=1S/C13H14BrNO3/c1-8-4-9(6-10(14)5-8)13(17)18-7-11-2-3-12(16)15-11/h4-6,11H,2-3,7H2,1H3,(H,15,16). The molecule has 2 rings (SSSR count). The lowest BCUT2D eigenvalue weighted by Crippen LogP contribution is -2.30. The molecule has 1 heterocycles. The number of hydrogen-bond acceptors (Lipinski definition) is 3. The Balaban J connectivity index is 1.93. The Labute approximate surface area is 114 Å². The van der Waals surface area contributed by atoms with Crippen LogP contribution in [0.3, 0.4) is 0 Å². The Bertz CT molecular complexity index is 467. The van der Waals surface area contributed by atoms with Crippen molar-refractivity contribution < 1.29 is 14.3 Å². The molecule has 1 atom stereocenters. The highest BCUT2D eigenvalue weighted by Crippen LogP contribution is 2.16. The molecule has 0 spiro atoms. The highest BCUT2D eigenvalue weighted by atomic mass is 79.9. The fourth-order valence-electron chi connectivity index (χ4n) is 1.92. The van der Waals surface area contributed by atoms with E-state index in [1.165, 1.54) is 0 Å². The molecular weight excluding hydrogens is 298 g/mol. The molecule has 0 aliphatic carbocycles. The van der Waals surface area contributed by atoms with E-state index in [9.17, 15) is 9.59 Å². The number of ether oxygens (including phenoxy) is 1. The fraction of sp³-hybridized carbons (Fsp3) is 0.385. The van der Waals surface area contributed by atoms with Crippen LogP contribution in [-0.4, -0.2) is 24.5 Å². The van der Waals surface area contributed by atoms with Gasteiger partial charge in [-0.3, -0.25) is 4.79 Å². The van der Waals surface area contributed by atoms with Crippen molar-refractivity contribution in [3.8, 4) is 0 Å². The van der Waals surface area contributed by atoms with Crippen molar-refractivity contribution in [3.63, 3.8) is 0 Å². The van der Waals surface area contributed by atoms with Crippen LogP contribution in [0.5, 0.6) is 0 Å². The van der Waals surface area contributed by atoms with Crippen molar-refractivity contribution in [3.05, 3.63) is 33.8 Å². The molecule has 0 bridgehead atoms. The number of rotatable bonds is 3. The molecule has 18 heavy (non-hydrogen) atoms. The third kappa shape index (κ3) is 3.32. The zero-order valence-electron chi connectivity index (χ0n) is 10.0. The maximum atomic E-state index is 11.8. The maximum absolute atomic E-state index is 11.8. The summed E-state index contributed by atoms with van der Waals surface area (Å²) in [6, 6.07) is 5.38. The zero-order valence-corrected chi connectivity index (χ0v) is 11.6. The van der Waals surface area contributed by atoms with E-state index in [2.05, 4.69) is 21.2 Å². The van der Waals surface area contributed by atoms with Gasteiger partial charge < -0.3 is 10.1 Å². The van der Waals surface area contributed by atoms with Gasteiger partial charge in [0.2, 0.25) is 5.91 Å². The number of benzene rings is 1. The summed E-state index contributed by atoms with van der Waals surface area (Å²) in [6.07, 6.45) is 1.24. The molecule has 0 aromatic heterocycles. The predicted molar refractivity (Wildman–Crippen MR) is 70.3 cm³/mol. The minimum Gasteiger partial charge on any atom is -0.460 e. The van der Waals surface area contributed by atoms with E-state index < -0.39 is 0 Å². The second kappa shape index (κ2) is 5.52. The molecule has 1 aliphatic rings. The summed E-state index contributed by atoms with van der Waals surface area (Å²) >= 11 is 3.34. The summed E-state index contributed by atoms with van der Waals surface area (Å²) in [5, 5.41) is 2.76. The van der Waals surface area contributed by atoms with Gasteiger partial charge in [0.25, 0.3) is 0 Å². The van der Waals surface area contributed by atoms with E-state index in [0.29, 0.717) is 12.0 Å². The van der Waals surface area contributed by atoms with E-state index >= 15 is 0 Å². The van der Waals surface area contributed by atoms with E-state index in [4.69, 9.17) is 4.74 Å². The van der Waals surface area contributed by atoms with Gasteiger partial charge in [-0.2, -0.15) is 0 Å². The molecule has 1 aromatic rings. The molecule has 5 heteroatoms. The van der Waals surface area contributed by atoms with Crippen molar-refractivity contribution in [2.75, 3.05) is 6.61 Å². The van der Waals surface area contributed by atoms with Crippen LogP contribution in [0, 0.1) is 6.92 Å². The third-order valence-electron chi connectivity index (χ3n) is 2.78. The van der Waals surface area contributed by atoms with Gasteiger partial charge in [0, 0.05) is 10.9 Å². The van der Waals surface area contributed by atoms with E-state index in [1.54, 1.807) is 12.1 Å². The Hall–Kier alpha value is -1.36. The van der Waals surface area contributed by atoms with Crippen LogP contribution in [0.25, 0.3) is 0 Å². The number of amides is 1. The Morgan fingerprint density at radius 3 is 2.89 bits per heavy atom. The lowest BCUT2D eigenvalue weighted by atomic mass is 10.1. The first kappa shape index (κ1) is 13.1. The molecule has 1 aromatic carbocycles. The van der Waals surface area contributed by atoms with Crippen LogP contribution in [0.2, 0.25) is 0 Å². The van der Waals surface area contributed by atoms with Crippen LogP contribution < -0.4 is 5.32 Å². The molecule has 96 valence electrons. The van der Waals surface area contributed by atoms with Gasteiger partial charge in [-0.25, -0.2) is 4.79 Å². The Kier molecular flexibility index (Phi) is 4.01. The average molecular weight is 312 g/mol. The van der Waals surface area contributed by atoms with Gasteiger partial charge in [-0.1, -0.05) is 15.9 Å². The van der Waals surface area contributed by atoms with Crippen molar-refractivity contribution >= 4 is 27.8 Å². The van der Waals surface area contributed by atoms with Gasteiger partial charge in [0.1, 0.15) is 6.61 Å². The van der Waals surface area contributed by atoms with Gasteiger partial charge in [0.05, 0.1) is 11.6 Å². The monoisotopic (exact) mass is 311 g/mol. The molecule has 1 amide bonds. The second-order valence-corrected chi connectivity index (χ2v) is 5.33. The number of nitrogens with one attached hydrogen (secondary N) is 1. The fourth-order valence-corrected chi connectivity index (χ4v) is 2.52. The van der Waals surface area contributed by atoms with Crippen molar-refractivity contribution in [2.45, 2.75) is 25.8 Å². The van der Waals surface area contributed by atoms with E-state index in [1.807, 2.05) is 13.0 Å². The molecule has 0 radical (unpaired) electrons. The molecule has 0 saturated carbocycles. The number of esters is 1. The Morgan fingerprint density at radius 1 is 1.50 bits per heavy atom. The van der Waals surface area contributed by atoms with Crippen LogP contribution in [0.4, 0.5) is 0 Å². The van der Waals surface area contributed by atoms with Crippen LogP contribution in [0.1, 0.15) is 28.8 Å². The topological polar surface area (TPSA) is 55.4 Å². The van der Waals surface area contributed by atoms with Gasteiger partial charge in [-0.05, 0) is 37.1 Å². The molecule has 1 N–H and O–H groups in total. The zero-order chi connectivity index (χ0) is 13.1. The highest BCUT2D eigenvalue weighted by molar-refractivity contribution is 9.10. The SMILES string of the molecule is Cc1cc(Br)cc(C(=O)OCC2CCC(=O)N2)c1. The minimum atomic E-state index is -0.361. The lowest BCUT2D eigenvalue weighted by molar-refractivity contribution is -0.119. The predicted octanol–water partition coefficient (Wildman–Crippen LogP) is 2.19. The van der Waals surface area contributed by atoms with Gasteiger partial charge in [0.15, 0.2) is 0 Å². The first-order valence-electron chi connectivity index (χ1n) is 5.78. The average Bonchev–Trinajstić information content (AvgIpc) is 2.70. The smallest absolute Gasteiger partial charge is 0.338 e. The second-order valence-electron chi connectivity index (χ2n) is 4.42. The van der Waals surface area contributed by atoms with E-state index in [-0.39, 0.29) is 24.5 Å². The molecule has 1 aliphatic heterocycles. The summed E-state index contributed by atoms with van der Waals surface area (Å²) in [5.74, 6) is -0.338. The third-order valence-corrected chi connectivity index (χ3v) is 3.24. The number of aryl methyl sites for hydroxylation is 1. The number of carbonyl (C=O) groups excluding carboxylic acids is 2. The van der Waals surface area contributed by atoms with Gasteiger partial charge in [-0.15, -0.1) is 0 Å². The number of carbonyl (C=O) groups is 2. The summed E-state index contributed by atoms with van der Waals surface area (Å²) in [4.78, 5) is 22.8. The normalized spacial score (nSPS) is 18.6. The van der Waals surface area contributed by atoms with E-state index in [0.717, 1.165) is 16.5 Å². The van der Waals surface area contributed by atoms with Crippen LogP contribution in [-0.2, 0) is 9.53 Å². The Morgan fingerprint density at radius 2 is 2.28 bits per heavy atom. The number of hydrogen-bond donors (Lipinski definition) is 1. The summed E-state index contributed by atoms with van der Waals surface area (Å²) in [7, 11) is 0. The van der Waals surface area contributed by atoms with Crippen molar-refractivity contribution in [1.29, 1.82) is 0 Å². The lowest BCUT2D eigenvalue weighted by Gasteiger charge is -2.11. The first-order valence-corrected chi connectivity index (χ1v) is 6.57. The first-order chi connectivity index (χ1) is 8.54. The largest absolute Gasteiger partial charge is 0.460 e. The van der Waals surface area contributed by atoms with Gasteiger partial charge >= 0.3 is 5.97 Å². The quantitative estimate of drug-likeness (QED) is 0.871. The molecular formula is C13H14BrNO3. The molecule has 1 saturated heterocycles. The molecule has 1 fully saturated rings. The van der Waals surface area contributed by atoms with Crippen molar-refractivity contribution in [2.24, 2.45) is 0 Å². The summed E-state index contributed by atoms with van der Waals surface area (Å²) in [5.41, 5.74) is 1.51. The minimum absolute atomic E-state index is 0.0225. The molecule has 1 unspecified atom stereocenters. The maximum Gasteiger partial charge on any atom is 0.338 e. The summed E-state index contributed by atoms with van der Waals surface area (Å²) in [6.45, 7) is 2.15.